The molecule has 2 aromatic rings. The summed E-state index contributed by atoms with van der Waals surface area (Å²) in [5.74, 6) is -0.364. The Balaban J connectivity index is 2.87. The minimum Gasteiger partial charge on any atom is -0.478 e. The molecule has 0 unspecified atom stereocenters. The highest BCUT2D eigenvalue weighted by atomic mass is 35.5. The molecule has 0 aliphatic rings. The Labute approximate surface area is 84.9 Å². The monoisotopic (exact) mass is 210 g/mol. The van der Waals surface area contributed by atoms with Crippen molar-refractivity contribution in [3.05, 3.63) is 34.5 Å². The quantitative estimate of drug-likeness (QED) is 0.787. The molecule has 0 radical (unpaired) electrons. The van der Waals surface area contributed by atoms with Crippen LogP contribution >= 0.6 is 11.6 Å². The minimum atomic E-state index is -1.01. The van der Waals surface area contributed by atoms with Gasteiger partial charge >= 0.3 is 5.97 Å². The van der Waals surface area contributed by atoms with Crippen molar-refractivity contribution < 1.29 is 14.3 Å². The van der Waals surface area contributed by atoms with Crippen molar-refractivity contribution in [2.75, 3.05) is 0 Å². The van der Waals surface area contributed by atoms with Crippen LogP contribution in [0.1, 0.15) is 16.1 Å². The number of aromatic carboxylic acids is 1. The predicted octanol–water partition coefficient (Wildman–Crippen LogP) is 3.09. The largest absolute Gasteiger partial charge is 0.478 e. The van der Waals surface area contributed by atoms with Gasteiger partial charge in [-0.2, -0.15) is 0 Å². The van der Waals surface area contributed by atoms with Gasteiger partial charge in [-0.15, -0.1) is 0 Å². The van der Waals surface area contributed by atoms with Gasteiger partial charge in [-0.05, 0) is 25.1 Å². The standard InChI is InChI=1S/C10H7ClO3/c1-5-4-7-8(11)3-2-6(10(12)13)9(7)14-5/h2-4H,1H3,(H,12,13). The predicted molar refractivity (Wildman–Crippen MR) is 52.9 cm³/mol. The number of fused-ring (bicyclic) bond motifs is 1. The molecule has 3 nitrogen and oxygen atoms in total. The number of rotatable bonds is 1. The van der Waals surface area contributed by atoms with Gasteiger partial charge in [-0.1, -0.05) is 11.6 Å². The van der Waals surface area contributed by atoms with Gasteiger partial charge in [-0.25, -0.2) is 4.79 Å². The van der Waals surface area contributed by atoms with Gasteiger partial charge in [0.1, 0.15) is 16.9 Å². The minimum absolute atomic E-state index is 0.137. The van der Waals surface area contributed by atoms with E-state index in [2.05, 4.69) is 0 Å². The molecule has 0 atom stereocenters. The number of aryl methyl sites for hydroxylation is 1. The Morgan fingerprint density at radius 2 is 2.21 bits per heavy atom. The highest BCUT2D eigenvalue weighted by Crippen LogP contribution is 2.29. The lowest BCUT2D eigenvalue weighted by Crippen LogP contribution is -1.95. The molecule has 0 saturated heterocycles. The van der Waals surface area contributed by atoms with E-state index in [0.29, 0.717) is 21.8 Å². The maximum Gasteiger partial charge on any atom is 0.339 e. The Bertz CT molecular complexity index is 513. The van der Waals surface area contributed by atoms with Crippen LogP contribution in [0, 0.1) is 6.92 Å². The lowest BCUT2D eigenvalue weighted by Gasteiger charge is -1.96. The van der Waals surface area contributed by atoms with Gasteiger partial charge < -0.3 is 9.52 Å². The van der Waals surface area contributed by atoms with Crippen LogP contribution in [0.4, 0.5) is 0 Å². The third kappa shape index (κ3) is 1.26. The number of halogens is 1. The molecule has 2 rings (SSSR count). The SMILES string of the molecule is Cc1cc2c(Cl)ccc(C(=O)O)c2o1. The Kier molecular flexibility index (Phi) is 1.97. The highest BCUT2D eigenvalue weighted by molar-refractivity contribution is 6.35. The molecule has 0 amide bonds. The van der Waals surface area contributed by atoms with E-state index in [4.69, 9.17) is 21.1 Å². The van der Waals surface area contributed by atoms with E-state index in [9.17, 15) is 4.79 Å². The van der Waals surface area contributed by atoms with Gasteiger partial charge in [0, 0.05) is 5.39 Å². The average molecular weight is 211 g/mol. The molecule has 72 valence electrons. The smallest absolute Gasteiger partial charge is 0.339 e. The van der Waals surface area contributed by atoms with Crippen molar-refractivity contribution in [1.82, 2.24) is 0 Å². The molecule has 1 aromatic carbocycles. The molecule has 0 saturated carbocycles. The average Bonchev–Trinajstić information content (AvgIpc) is 2.47. The summed E-state index contributed by atoms with van der Waals surface area (Å²) in [7, 11) is 0. The van der Waals surface area contributed by atoms with E-state index < -0.39 is 5.97 Å². The fraction of sp³-hybridized carbons (Fsp3) is 0.100. The van der Waals surface area contributed by atoms with Gasteiger partial charge in [0.05, 0.1) is 5.02 Å². The van der Waals surface area contributed by atoms with Crippen LogP contribution < -0.4 is 0 Å². The van der Waals surface area contributed by atoms with E-state index in [1.807, 2.05) is 0 Å². The van der Waals surface area contributed by atoms with E-state index in [1.165, 1.54) is 6.07 Å². The van der Waals surface area contributed by atoms with Crippen molar-refractivity contribution in [3.8, 4) is 0 Å². The number of carboxylic acids is 1. The van der Waals surface area contributed by atoms with Crippen LogP contribution in [0.2, 0.25) is 5.02 Å². The second-order valence-electron chi connectivity index (χ2n) is 3.00. The zero-order valence-electron chi connectivity index (χ0n) is 7.37. The normalized spacial score (nSPS) is 10.7. The van der Waals surface area contributed by atoms with Crippen molar-refractivity contribution in [3.63, 3.8) is 0 Å². The van der Waals surface area contributed by atoms with Crippen LogP contribution in [0.15, 0.2) is 22.6 Å². The number of hydrogen-bond donors (Lipinski definition) is 1. The molecule has 14 heavy (non-hydrogen) atoms. The Morgan fingerprint density at radius 3 is 2.86 bits per heavy atom. The second-order valence-corrected chi connectivity index (χ2v) is 3.41. The summed E-state index contributed by atoms with van der Waals surface area (Å²) in [6.45, 7) is 1.75. The van der Waals surface area contributed by atoms with Crippen LogP contribution in [0.5, 0.6) is 0 Å². The highest BCUT2D eigenvalue weighted by Gasteiger charge is 2.14. The number of benzene rings is 1. The maximum atomic E-state index is 10.8. The van der Waals surface area contributed by atoms with Crippen LogP contribution in [0.3, 0.4) is 0 Å². The molecule has 0 spiro atoms. The lowest BCUT2D eigenvalue weighted by molar-refractivity contribution is 0.0698. The summed E-state index contributed by atoms with van der Waals surface area (Å²) in [5, 5.41) is 10.0. The Morgan fingerprint density at radius 1 is 1.50 bits per heavy atom. The van der Waals surface area contributed by atoms with Gasteiger partial charge in [0.2, 0.25) is 0 Å². The zero-order chi connectivity index (χ0) is 10.3. The van der Waals surface area contributed by atoms with Crippen molar-refractivity contribution in [2.45, 2.75) is 6.92 Å². The third-order valence-electron chi connectivity index (χ3n) is 1.98. The number of carbonyl (C=O) groups is 1. The third-order valence-corrected chi connectivity index (χ3v) is 2.31. The van der Waals surface area contributed by atoms with Crippen molar-refractivity contribution in [1.29, 1.82) is 0 Å². The molecule has 1 N–H and O–H groups in total. The van der Waals surface area contributed by atoms with Gasteiger partial charge in [-0.3, -0.25) is 0 Å². The van der Waals surface area contributed by atoms with Gasteiger partial charge in [0.15, 0.2) is 0 Å². The molecule has 4 heteroatoms. The number of furan rings is 1. The summed E-state index contributed by atoms with van der Waals surface area (Å²) >= 11 is 5.89. The molecule has 0 aliphatic carbocycles. The van der Waals surface area contributed by atoms with Crippen LogP contribution in [-0.2, 0) is 0 Å². The molecule has 1 aromatic heterocycles. The first-order valence-electron chi connectivity index (χ1n) is 4.01. The zero-order valence-corrected chi connectivity index (χ0v) is 8.13. The molecular weight excluding hydrogens is 204 g/mol. The maximum absolute atomic E-state index is 10.8. The number of carboxylic acid groups (broad SMARTS) is 1. The summed E-state index contributed by atoms with van der Waals surface area (Å²) in [6, 6.07) is 4.72. The first kappa shape index (κ1) is 9.09. The fourth-order valence-corrected chi connectivity index (χ4v) is 1.59. The van der Waals surface area contributed by atoms with Crippen molar-refractivity contribution >= 4 is 28.5 Å². The van der Waals surface area contributed by atoms with Crippen LogP contribution in [0.25, 0.3) is 11.0 Å². The van der Waals surface area contributed by atoms with Crippen LogP contribution in [-0.4, -0.2) is 11.1 Å². The number of hydrogen-bond acceptors (Lipinski definition) is 2. The summed E-state index contributed by atoms with van der Waals surface area (Å²) in [4.78, 5) is 10.8. The first-order valence-corrected chi connectivity index (χ1v) is 4.39. The summed E-state index contributed by atoms with van der Waals surface area (Å²) in [6.07, 6.45) is 0. The topological polar surface area (TPSA) is 50.4 Å². The molecule has 0 aliphatic heterocycles. The van der Waals surface area contributed by atoms with Crippen molar-refractivity contribution in [2.24, 2.45) is 0 Å². The van der Waals surface area contributed by atoms with E-state index in [0.717, 1.165) is 0 Å². The first-order chi connectivity index (χ1) is 6.59. The Hall–Kier alpha value is -1.48. The summed E-state index contributed by atoms with van der Waals surface area (Å²) in [5.41, 5.74) is 0.472. The van der Waals surface area contributed by atoms with Gasteiger partial charge in [0.25, 0.3) is 0 Å². The molecule has 0 fully saturated rings. The summed E-state index contributed by atoms with van der Waals surface area (Å²) < 4.78 is 5.28. The molecular formula is C10H7ClO3. The fourth-order valence-electron chi connectivity index (χ4n) is 1.38. The van der Waals surface area contributed by atoms with E-state index in [-0.39, 0.29) is 5.56 Å². The molecule has 1 heterocycles. The van der Waals surface area contributed by atoms with E-state index >= 15 is 0 Å². The second kappa shape index (κ2) is 3.03. The molecule has 0 bridgehead atoms. The van der Waals surface area contributed by atoms with E-state index in [1.54, 1.807) is 19.1 Å². The lowest BCUT2D eigenvalue weighted by atomic mass is 10.1.